The Morgan fingerprint density at radius 2 is 1.40 bits per heavy atom. The van der Waals surface area contributed by atoms with Gasteiger partial charge in [0, 0.05) is 0 Å². The van der Waals surface area contributed by atoms with Crippen molar-refractivity contribution in [2.24, 2.45) is 0 Å². The van der Waals surface area contributed by atoms with Crippen molar-refractivity contribution in [2.75, 3.05) is 0 Å². The van der Waals surface area contributed by atoms with Gasteiger partial charge in [0.2, 0.25) is 0 Å². The molecule has 0 atom stereocenters. The molecule has 0 aliphatic carbocycles. The van der Waals surface area contributed by atoms with Gasteiger partial charge < -0.3 is 0 Å². The summed E-state index contributed by atoms with van der Waals surface area (Å²) in [5.74, 6) is 0. The molecular weight excluding hydrogens is 75.0 g/mol. The Hall–Kier alpha value is 0.532. The zero-order valence-corrected chi connectivity index (χ0v) is 3.41. The summed E-state index contributed by atoms with van der Waals surface area (Å²) < 4.78 is 0. The third-order valence-corrected chi connectivity index (χ3v) is 0.500. The molecule has 0 unspecified atom stereocenters. The van der Waals surface area contributed by atoms with Crippen LogP contribution in [-0.2, 0) is 0 Å². The molecule has 0 saturated carbocycles. The summed E-state index contributed by atoms with van der Waals surface area (Å²) in [6.07, 6.45) is 2.64. The predicted molar refractivity (Wildman–Crippen MR) is 31.6 cm³/mol. The monoisotopic (exact) mass is 89.1 g/mol. The van der Waals surface area contributed by atoms with Crippen LogP contribution in [-0.4, -0.2) is 17.4 Å². The van der Waals surface area contributed by atoms with Gasteiger partial charge in [-0.25, -0.2) is 0 Å². The van der Waals surface area contributed by atoms with Crippen LogP contribution in [0.25, 0.3) is 0 Å². The maximum Gasteiger partial charge on any atom is 1.00 e. The van der Waals surface area contributed by atoms with E-state index < -0.39 is 0 Å². The van der Waals surface area contributed by atoms with E-state index in [0.29, 0.717) is 0 Å². The lowest BCUT2D eigenvalue weighted by molar-refractivity contribution is 0.886. The Labute approximate surface area is 46.2 Å². The molecule has 0 aromatic rings. The second-order valence-corrected chi connectivity index (χ2v) is 1.000. The molecular formula is C4H14Al+. The summed E-state index contributed by atoms with van der Waals surface area (Å²) in [7, 11) is 0. The molecule has 0 nitrogen and oxygen atoms in total. The molecule has 32 valence electrons. The van der Waals surface area contributed by atoms with Crippen molar-refractivity contribution in [3.05, 3.63) is 0 Å². The number of hydrogen-bond acceptors (Lipinski definition) is 0. The fourth-order valence-electron chi connectivity index (χ4n) is 0. The minimum absolute atomic E-state index is 0. The fraction of sp³-hybridized carbons (Fsp3) is 1.00. The lowest BCUT2D eigenvalue weighted by Gasteiger charge is -1.68. The van der Waals surface area contributed by atoms with Crippen molar-refractivity contribution in [2.45, 2.75) is 26.7 Å². The molecule has 0 aliphatic heterocycles. The van der Waals surface area contributed by atoms with Gasteiger partial charge in [-0.1, -0.05) is 26.7 Å². The minimum Gasteiger partial charge on any atom is -0.0654 e. The topological polar surface area (TPSA) is 0 Å². The maximum atomic E-state index is 2.18. The first kappa shape index (κ1) is 9.11. The molecule has 0 saturated heterocycles. The fourth-order valence-corrected chi connectivity index (χ4v) is 0. The molecule has 0 rings (SSSR count). The normalized spacial score (nSPS) is 6.00. The summed E-state index contributed by atoms with van der Waals surface area (Å²) in [6.45, 7) is 4.36. The highest BCUT2D eigenvalue weighted by molar-refractivity contribution is 5.75. The van der Waals surface area contributed by atoms with E-state index in [1.165, 1.54) is 12.8 Å². The van der Waals surface area contributed by atoms with E-state index in [4.69, 9.17) is 0 Å². The molecule has 1 heteroatoms. The number of hydrogen-bond donors (Lipinski definition) is 0. The molecule has 0 spiro atoms. The second kappa shape index (κ2) is 8.82. The Bertz CT molecular complexity index is 9.51. The van der Waals surface area contributed by atoms with Crippen molar-refractivity contribution < 1.29 is 1.43 Å². The Morgan fingerprint density at radius 3 is 1.40 bits per heavy atom. The van der Waals surface area contributed by atoms with Gasteiger partial charge in [-0.2, -0.15) is 0 Å². The summed E-state index contributed by atoms with van der Waals surface area (Å²) in [5, 5.41) is 0. The summed E-state index contributed by atoms with van der Waals surface area (Å²) in [4.78, 5) is 0. The molecule has 0 fully saturated rings. The van der Waals surface area contributed by atoms with Gasteiger partial charge in [0.15, 0.2) is 17.4 Å². The zero-order valence-electron chi connectivity index (χ0n) is 4.41. The highest BCUT2D eigenvalue weighted by atomic mass is 27.0. The van der Waals surface area contributed by atoms with Crippen LogP contribution < -0.4 is 0 Å². The van der Waals surface area contributed by atoms with Crippen molar-refractivity contribution in [1.82, 2.24) is 0 Å². The van der Waals surface area contributed by atoms with Gasteiger partial charge in [-0.3, -0.25) is 0 Å². The van der Waals surface area contributed by atoms with E-state index in [9.17, 15) is 0 Å². The van der Waals surface area contributed by atoms with E-state index in [-0.39, 0.29) is 18.8 Å². The molecule has 0 aromatic heterocycles. The van der Waals surface area contributed by atoms with E-state index >= 15 is 0 Å². The van der Waals surface area contributed by atoms with Crippen molar-refractivity contribution in [3.63, 3.8) is 0 Å². The lowest BCUT2D eigenvalue weighted by Crippen LogP contribution is -1.47. The first-order chi connectivity index (χ1) is 1.91. The zero-order chi connectivity index (χ0) is 3.41. The Balaban J connectivity index is -0.0000000450. The van der Waals surface area contributed by atoms with Crippen molar-refractivity contribution in [1.29, 1.82) is 0 Å². The molecule has 0 N–H and O–H groups in total. The average Bonchev–Trinajstić information content (AvgIpc) is 1.37. The van der Waals surface area contributed by atoms with Crippen LogP contribution in [0.3, 0.4) is 0 Å². The molecule has 0 bridgehead atoms. The second-order valence-electron chi connectivity index (χ2n) is 1.000. The summed E-state index contributed by atoms with van der Waals surface area (Å²) >= 11 is 0. The SMILES string of the molecule is CCCC.[AlH3].[H+]. The van der Waals surface area contributed by atoms with Crippen molar-refractivity contribution in [3.8, 4) is 0 Å². The van der Waals surface area contributed by atoms with Crippen LogP contribution in [0.2, 0.25) is 0 Å². The predicted octanol–water partition coefficient (Wildman–Crippen LogP) is 0.735. The van der Waals surface area contributed by atoms with Crippen LogP contribution in [0.5, 0.6) is 0 Å². The molecule has 0 amide bonds. The van der Waals surface area contributed by atoms with E-state index in [1.54, 1.807) is 0 Å². The van der Waals surface area contributed by atoms with Gasteiger partial charge in [0.25, 0.3) is 0 Å². The molecule has 0 aromatic carbocycles. The van der Waals surface area contributed by atoms with Crippen LogP contribution >= 0.6 is 0 Å². The van der Waals surface area contributed by atoms with Gasteiger partial charge in [0.05, 0.1) is 0 Å². The minimum atomic E-state index is 0. The molecule has 0 aliphatic rings. The standard InChI is InChI=1S/C4H10.Al.3H/c1-3-4-2;;;;/h3-4H2,1-2H3;;;;/p+1. The quantitative estimate of drug-likeness (QED) is 0.415. The number of unbranched alkanes of at least 4 members (excludes halogenated alkanes) is 1. The Morgan fingerprint density at radius 1 is 1.20 bits per heavy atom. The third kappa shape index (κ3) is 12.4. The van der Waals surface area contributed by atoms with Crippen LogP contribution in [0, 0.1) is 0 Å². The maximum absolute atomic E-state index is 2.18. The highest BCUT2D eigenvalue weighted by Gasteiger charge is 1.56. The Kier molecular flexibility index (Phi) is 16.1. The van der Waals surface area contributed by atoms with Crippen LogP contribution in [0.4, 0.5) is 0 Å². The smallest absolute Gasteiger partial charge is 0.0654 e. The lowest BCUT2D eigenvalue weighted by atomic mass is 10.4. The van der Waals surface area contributed by atoms with Gasteiger partial charge in [-0.15, -0.1) is 0 Å². The number of rotatable bonds is 1. The first-order valence-corrected chi connectivity index (χ1v) is 1.91. The van der Waals surface area contributed by atoms with Crippen LogP contribution in [0.1, 0.15) is 28.1 Å². The molecule has 0 radical (unpaired) electrons. The first-order valence-electron chi connectivity index (χ1n) is 1.91. The summed E-state index contributed by atoms with van der Waals surface area (Å²) in [6, 6.07) is 0. The van der Waals surface area contributed by atoms with E-state index in [2.05, 4.69) is 13.8 Å². The van der Waals surface area contributed by atoms with Gasteiger partial charge in [0.1, 0.15) is 0 Å². The molecule has 5 heavy (non-hydrogen) atoms. The highest BCUT2D eigenvalue weighted by Crippen LogP contribution is 1.76. The average molecular weight is 89.1 g/mol. The van der Waals surface area contributed by atoms with Crippen LogP contribution in [0.15, 0.2) is 0 Å². The van der Waals surface area contributed by atoms with Gasteiger partial charge >= 0.3 is 1.43 Å². The van der Waals surface area contributed by atoms with Gasteiger partial charge in [-0.05, 0) is 0 Å². The summed E-state index contributed by atoms with van der Waals surface area (Å²) in [5.41, 5.74) is 0. The van der Waals surface area contributed by atoms with Crippen molar-refractivity contribution >= 4 is 17.4 Å². The van der Waals surface area contributed by atoms with E-state index in [0.717, 1.165) is 0 Å². The largest absolute Gasteiger partial charge is 1.00 e. The third-order valence-electron chi connectivity index (χ3n) is 0.500. The molecule has 0 heterocycles. The van der Waals surface area contributed by atoms with E-state index in [1.807, 2.05) is 0 Å².